The van der Waals surface area contributed by atoms with Gasteiger partial charge in [-0.1, -0.05) is 12.1 Å². The first-order valence-electron chi connectivity index (χ1n) is 13.2. The monoisotopic (exact) mass is 638 g/mol. The lowest BCUT2D eigenvalue weighted by atomic mass is 10.2. The van der Waals surface area contributed by atoms with Crippen LogP contribution in [0.4, 0.5) is 21.9 Å². The molecule has 0 saturated heterocycles. The Balaban J connectivity index is 1.19. The third-order valence-electron chi connectivity index (χ3n) is 6.23. The second-order valence-electron chi connectivity index (χ2n) is 9.30. The number of nitrogens with zero attached hydrogens (tertiary/aromatic N) is 8. The molecule has 0 unspecified atom stereocenters. The first-order valence-corrected chi connectivity index (χ1v) is 14.8. The smallest absolute Gasteiger partial charge is 0.346 e. The van der Waals surface area contributed by atoms with Gasteiger partial charge >= 0.3 is 11.9 Å². The van der Waals surface area contributed by atoms with Crippen molar-refractivity contribution in [2.75, 3.05) is 17.7 Å². The molecular weight excluding hydrogens is 617 g/mol. The number of hydrogen-bond donors (Lipinski definition) is 2. The fraction of sp³-hybridized carbons (Fsp3) is 0.103. The summed E-state index contributed by atoms with van der Waals surface area (Å²) in [5, 5.41) is 7.30. The molecule has 0 amide bonds. The van der Waals surface area contributed by atoms with Crippen LogP contribution < -0.4 is 15.4 Å². The van der Waals surface area contributed by atoms with Gasteiger partial charge in [-0.25, -0.2) is 24.5 Å². The number of esters is 2. The number of ether oxygens (including phenoxy) is 2. The van der Waals surface area contributed by atoms with Gasteiger partial charge in [-0.2, -0.15) is 18.7 Å². The van der Waals surface area contributed by atoms with Crippen molar-refractivity contribution in [3.63, 3.8) is 0 Å². The molecule has 6 aromatic heterocycles. The van der Waals surface area contributed by atoms with E-state index in [1.165, 1.54) is 31.5 Å². The maximum absolute atomic E-state index is 13.1. The van der Waals surface area contributed by atoms with Crippen LogP contribution in [0.5, 0.6) is 5.88 Å². The van der Waals surface area contributed by atoms with Crippen molar-refractivity contribution in [1.82, 2.24) is 38.7 Å². The maximum atomic E-state index is 13.1. The van der Waals surface area contributed by atoms with E-state index in [-0.39, 0.29) is 28.5 Å². The molecule has 45 heavy (non-hydrogen) atoms. The van der Waals surface area contributed by atoms with E-state index < -0.39 is 11.9 Å². The molecule has 0 atom stereocenters. The number of carbonyl (C=O) groups is 2. The zero-order valence-electron chi connectivity index (χ0n) is 23.9. The van der Waals surface area contributed by atoms with Gasteiger partial charge in [0.05, 0.1) is 12.7 Å². The Hall–Kier alpha value is -5.74. The minimum Gasteiger partial charge on any atom is -0.465 e. The second kappa shape index (κ2) is 12.9. The summed E-state index contributed by atoms with van der Waals surface area (Å²) in [4.78, 5) is 51.8. The van der Waals surface area contributed by atoms with E-state index in [0.29, 0.717) is 33.4 Å². The lowest BCUT2D eigenvalue weighted by molar-refractivity contribution is 0.0591. The molecule has 6 heterocycles. The fourth-order valence-corrected chi connectivity index (χ4v) is 5.05. The van der Waals surface area contributed by atoms with Crippen LogP contribution in [0.1, 0.15) is 31.8 Å². The molecule has 6 rings (SSSR count). The summed E-state index contributed by atoms with van der Waals surface area (Å²) in [5.41, 5.74) is 2.69. The van der Waals surface area contributed by atoms with Crippen LogP contribution in [-0.4, -0.2) is 57.7 Å². The standard InChI is InChI=1S/C29H22N10O4S2/c1-15-6-4-12-30-21(15)34-28-36-23(38-44-28)19-10-8-17(14-32-19)26(40)43-25-18(27(41)42-3)9-11-20(33-25)24-37-29(45-39-24)35-22-16(2)7-5-13-31-22/h4-14H,1-3H3,(H,30,34,36,38)(H,31,35,37,39). The Kier molecular flexibility index (Phi) is 8.39. The van der Waals surface area contributed by atoms with Crippen molar-refractivity contribution >= 4 is 56.9 Å². The highest BCUT2D eigenvalue weighted by atomic mass is 32.1. The van der Waals surface area contributed by atoms with Gasteiger partial charge in [0.2, 0.25) is 16.1 Å². The fourth-order valence-electron chi connectivity index (χ4n) is 3.89. The molecule has 6 aromatic rings. The predicted octanol–water partition coefficient (Wildman–Crippen LogP) is 5.41. The van der Waals surface area contributed by atoms with E-state index in [4.69, 9.17) is 9.47 Å². The van der Waals surface area contributed by atoms with E-state index in [1.807, 2.05) is 38.1 Å². The van der Waals surface area contributed by atoms with Crippen molar-refractivity contribution < 1.29 is 19.1 Å². The molecule has 0 aliphatic rings. The summed E-state index contributed by atoms with van der Waals surface area (Å²) in [5.74, 6) is 0.176. The zero-order chi connectivity index (χ0) is 31.3. The zero-order valence-corrected chi connectivity index (χ0v) is 25.5. The highest BCUT2D eigenvalue weighted by molar-refractivity contribution is 7.10. The number of hydrogen-bond acceptors (Lipinski definition) is 16. The molecule has 0 aliphatic heterocycles. The Bertz CT molecular complexity index is 2010. The minimum absolute atomic E-state index is 0.0493. The van der Waals surface area contributed by atoms with Crippen LogP contribution in [0.3, 0.4) is 0 Å². The molecular formula is C29H22N10O4S2. The Morgan fingerprint density at radius 1 is 0.711 bits per heavy atom. The maximum Gasteiger partial charge on any atom is 0.346 e. The van der Waals surface area contributed by atoms with Gasteiger partial charge in [0, 0.05) is 41.7 Å². The molecule has 14 nitrogen and oxygen atoms in total. The average molecular weight is 639 g/mol. The summed E-state index contributed by atoms with van der Waals surface area (Å²) in [6, 6.07) is 13.6. The van der Waals surface area contributed by atoms with Gasteiger partial charge < -0.3 is 20.1 Å². The Labute approximate surface area is 264 Å². The van der Waals surface area contributed by atoms with Crippen molar-refractivity contribution in [1.29, 1.82) is 0 Å². The Morgan fingerprint density at radius 3 is 1.87 bits per heavy atom. The first kappa shape index (κ1) is 29.3. The van der Waals surface area contributed by atoms with E-state index in [9.17, 15) is 9.59 Å². The van der Waals surface area contributed by atoms with E-state index in [1.54, 1.807) is 18.5 Å². The molecule has 224 valence electrons. The summed E-state index contributed by atoms with van der Waals surface area (Å²) < 4.78 is 19.1. The quantitative estimate of drug-likeness (QED) is 0.192. The molecule has 0 spiro atoms. The van der Waals surface area contributed by atoms with Gasteiger partial charge in [0.1, 0.15) is 28.6 Å². The highest BCUT2D eigenvalue weighted by Gasteiger charge is 2.22. The lowest BCUT2D eigenvalue weighted by Gasteiger charge is -2.09. The summed E-state index contributed by atoms with van der Waals surface area (Å²) in [6.07, 6.45) is 4.68. The highest BCUT2D eigenvalue weighted by Crippen LogP contribution is 2.28. The number of carbonyl (C=O) groups excluding carboxylic acids is 2. The van der Waals surface area contributed by atoms with Gasteiger partial charge in [-0.15, -0.1) is 0 Å². The van der Waals surface area contributed by atoms with Gasteiger partial charge in [-0.3, -0.25) is 4.98 Å². The summed E-state index contributed by atoms with van der Waals surface area (Å²) in [6.45, 7) is 3.86. The molecule has 2 N–H and O–H groups in total. The minimum atomic E-state index is -0.790. The van der Waals surface area contributed by atoms with Crippen molar-refractivity contribution in [2.45, 2.75) is 13.8 Å². The number of rotatable bonds is 9. The largest absolute Gasteiger partial charge is 0.465 e. The second-order valence-corrected chi connectivity index (χ2v) is 10.8. The molecule has 0 bridgehead atoms. The summed E-state index contributed by atoms with van der Waals surface area (Å²) in [7, 11) is 1.22. The SMILES string of the molecule is COC(=O)c1ccc(-c2nsc(Nc3ncccc3C)n2)nc1OC(=O)c1ccc(-c2nsc(Nc3ncccc3C)n2)nc1. The van der Waals surface area contributed by atoms with E-state index in [2.05, 4.69) is 49.3 Å². The van der Waals surface area contributed by atoms with Crippen molar-refractivity contribution in [2.24, 2.45) is 0 Å². The summed E-state index contributed by atoms with van der Waals surface area (Å²) >= 11 is 2.26. The van der Waals surface area contributed by atoms with Gasteiger partial charge in [-0.05, 0) is 61.4 Å². The van der Waals surface area contributed by atoms with E-state index >= 15 is 0 Å². The molecule has 16 heteroatoms. The molecule has 0 saturated carbocycles. The van der Waals surface area contributed by atoms with Crippen LogP contribution >= 0.6 is 23.1 Å². The molecule has 0 aromatic carbocycles. The first-order chi connectivity index (χ1) is 21.9. The number of methoxy groups -OCH3 is 1. The number of aryl methyl sites for hydroxylation is 2. The number of nitrogens with one attached hydrogen (secondary N) is 2. The van der Waals surface area contributed by atoms with Crippen molar-refractivity contribution in [3.05, 3.63) is 89.4 Å². The number of pyridine rings is 4. The third-order valence-corrected chi connectivity index (χ3v) is 7.49. The van der Waals surface area contributed by atoms with Gasteiger partial charge in [0.25, 0.3) is 0 Å². The Morgan fingerprint density at radius 2 is 1.31 bits per heavy atom. The van der Waals surface area contributed by atoms with Crippen LogP contribution in [0, 0.1) is 13.8 Å². The van der Waals surface area contributed by atoms with Crippen LogP contribution in [0.2, 0.25) is 0 Å². The number of anilines is 4. The molecule has 0 radical (unpaired) electrons. The van der Waals surface area contributed by atoms with Gasteiger partial charge in [0.15, 0.2) is 11.6 Å². The average Bonchev–Trinajstić information content (AvgIpc) is 3.73. The predicted molar refractivity (Wildman–Crippen MR) is 167 cm³/mol. The van der Waals surface area contributed by atoms with Crippen molar-refractivity contribution in [3.8, 4) is 28.9 Å². The molecule has 0 fully saturated rings. The van der Waals surface area contributed by atoms with Crippen LogP contribution in [-0.2, 0) is 4.74 Å². The third kappa shape index (κ3) is 6.61. The van der Waals surface area contributed by atoms with Crippen LogP contribution in [0.25, 0.3) is 23.0 Å². The molecule has 0 aliphatic carbocycles. The number of aromatic nitrogens is 8. The van der Waals surface area contributed by atoms with E-state index in [0.717, 1.165) is 34.2 Å². The lowest BCUT2D eigenvalue weighted by Crippen LogP contribution is -2.14. The topological polar surface area (TPSA) is 180 Å². The normalized spacial score (nSPS) is 10.7. The van der Waals surface area contributed by atoms with Crippen LogP contribution in [0.15, 0.2) is 67.1 Å².